The minimum Gasteiger partial charge on any atom is -0.326 e. The predicted molar refractivity (Wildman–Crippen MR) is 82.7 cm³/mol. The normalized spacial score (nSPS) is 10.3. The number of amides is 1. The van der Waals surface area contributed by atoms with Crippen LogP contribution in [-0.2, 0) is 11.2 Å². The van der Waals surface area contributed by atoms with E-state index < -0.39 is 0 Å². The lowest BCUT2D eigenvalue weighted by Gasteiger charge is -2.08. The third-order valence-electron chi connectivity index (χ3n) is 2.76. The summed E-state index contributed by atoms with van der Waals surface area (Å²) in [4.78, 5) is 11.9. The molecule has 2 nitrogen and oxygen atoms in total. The van der Waals surface area contributed by atoms with Gasteiger partial charge in [0.25, 0.3) is 0 Å². The van der Waals surface area contributed by atoms with Crippen LogP contribution >= 0.6 is 27.5 Å². The molecular formula is C15H13BrClNO. The highest BCUT2D eigenvalue weighted by molar-refractivity contribution is 9.10. The molecule has 0 fully saturated rings. The van der Waals surface area contributed by atoms with Crippen LogP contribution in [0.5, 0.6) is 0 Å². The number of anilines is 1. The van der Waals surface area contributed by atoms with Crippen LogP contribution in [0.3, 0.4) is 0 Å². The minimum atomic E-state index is -0.0798. The lowest BCUT2D eigenvalue weighted by molar-refractivity contribution is -0.115. The van der Waals surface area contributed by atoms with Crippen LogP contribution in [0, 0.1) is 6.92 Å². The molecule has 19 heavy (non-hydrogen) atoms. The average molecular weight is 339 g/mol. The number of nitrogens with one attached hydrogen (secondary N) is 1. The fraction of sp³-hybridized carbons (Fsp3) is 0.133. The smallest absolute Gasteiger partial charge is 0.228 e. The van der Waals surface area contributed by atoms with E-state index in [2.05, 4.69) is 21.2 Å². The molecule has 98 valence electrons. The van der Waals surface area contributed by atoms with Crippen LogP contribution in [0.15, 0.2) is 46.9 Å². The first-order chi connectivity index (χ1) is 9.06. The van der Waals surface area contributed by atoms with E-state index in [1.54, 1.807) is 6.07 Å². The number of carbonyl (C=O) groups is 1. The molecule has 0 radical (unpaired) electrons. The van der Waals surface area contributed by atoms with Gasteiger partial charge in [-0.15, -0.1) is 0 Å². The molecule has 0 unspecified atom stereocenters. The first-order valence-electron chi connectivity index (χ1n) is 5.85. The molecule has 1 amide bonds. The topological polar surface area (TPSA) is 29.1 Å². The van der Waals surface area contributed by atoms with E-state index >= 15 is 0 Å². The predicted octanol–water partition coefficient (Wildman–Crippen LogP) is 4.59. The van der Waals surface area contributed by atoms with Crippen LogP contribution < -0.4 is 5.32 Å². The first-order valence-corrected chi connectivity index (χ1v) is 7.03. The lowest BCUT2D eigenvalue weighted by atomic mass is 10.1. The summed E-state index contributed by atoms with van der Waals surface area (Å²) in [6.45, 7) is 2.00. The molecule has 0 aliphatic rings. The molecule has 2 aromatic rings. The van der Waals surface area contributed by atoms with Crippen molar-refractivity contribution in [3.63, 3.8) is 0 Å². The summed E-state index contributed by atoms with van der Waals surface area (Å²) >= 11 is 9.47. The van der Waals surface area contributed by atoms with E-state index in [1.165, 1.54) is 0 Å². The maximum atomic E-state index is 11.9. The van der Waals surface area contributed by atoms with E-state index in [9.17, 15) is 4.79 Å². The number of hydrogen-bond acceptors (Lipinski definition) is 1. The summed E-state index contributed by atoms with van der Waals surface area (Å²) in [5, 5.41) is 3.47. The van der Waals surface area contributed by atoms with Gasteiger partial charge in [0.1, 0.15) is 0 Å². The van der Waals surface area contributed by atoms with Gasteiger partial charge in [0.2, 0.25) is 5.91 Å². The highest BCUT2D eigenvalue weighted by Gasteiger charge is 2.07. The minimum absolute atomic E-state index is 0.0798. The molecule has 2 aromatic carbocycles. The van der Waals surface area contributed by atoms with Crippen LogP contribution in [0.2, 0.25) is 5.02 Å². The van der Waals surface area contributed by atoms with Crippen molar-refractivity contribution in [2.75, 3.05) is 5.32 Å². The Morgan fingerprint density at radius 3 is 2.68 bits per heavy atom. The highest BCUT2D eigenvalue weighted by Crippen LogP contribution is 2.21. The Balaban J connectivity index is 2.05. The monoisotopic (exact) mass is 337 g/mol. The third kappa shape index (κ3) is 3.82. The number of carbonyl (C=O) groups excluding carboxylic acids is 1. The Morgan fingerprint density at radius 1 is 1.26 bits per heavy atom. The molecule has 4 heteroatoms. The van der Waals surface area contributed by atoms with E-state index in [4.69, 9.17) is 11.6 Å². The summed E-state index contributed by atoms with van der Waals surface area (Å²) in [5.74, 6) is -0.0798. The number of hydrogen-bond donors (Lipinski definition) is 1. The second kappa shape index (κ2) is 6.22. The zero-order chi connectivity index (χ0) is 13.8. The molecule has 0 saturated heterocycles. The van der Waals surface area contributed by atoms with Crippen molar-refractivity contribution in [3.05, 3.63) is 63.1 Å². The summed E-state index contributed by atoms with van der Waals surface area (Å²) < 4.78 is 0.975. The zero-order valence-electron chi connectivity index (χ0n) is 10.4. The standard InChI is InChI=1S/C15H13BrClNO/c1-10-6-7-12(9-13(10)16)18-15(19)8-11-4-2-3-5-14(11)17/h2-7,9H,8H2,1H3,(H,18,19). The van der Waals surface area contributed by atoms with Gasteiger partial charge in [0.05, 0.1) is 6.42 Å². The van der Waals surface area contributed by atoms with Gasteiger partial charge in [-0.3, -0.25) is 4.79 Å². The van der Waals surface area contributed by atoms with E-state index in [0.717, 1.165) is 21.3 Å². The number of aryl methyl sites for hydroxylation is 1. The first kappa shape index (κ1) is 14.1. The van der Waals surface area contributed by atoms with Crippen molar-refractivity contribution in [2.24, 2.45) is 0 Å². The average Bonchev–Trinajstić information content (AvgIpc) is 2.37. The van der Waals surface area contributed by atoms with Gasteiger partial charge in [0, 0.05) is 15.2 Å². The summed E-state index contributed by atoms with van der Waals surface area (Å²) in [7, 11) is 0. The van der Waals surface area contributed by atoms with Gasteiger partial charge >= 0.3 is 0 Å². The van der Waals surface area contributed by atoms with Gasteiger partial charge in [-0.25, -0.2) is 0 Å². The van der Waals surface area contributed by atoms with Crippen LogP contribution in [-0.4, -0.2) is 5.91 Å². The van der Waals surface area contributed by atoms with Crippen molar-refractivity contribution in [1.82, 2.24) is 0 Å². The van der Waals surface area contributed by atoms with E-state index in [1.807, 2.05) is 43.3 Å². The molecule has 0 atom stereocenters. The Morgan fingerprint density at radius 2 is 2.00 bits per heavy atom. The molecule has 0 aliphatic carbocycles. The third-order valence-corrected chi connectivity index (χ3v) is 3.99. The molecule has 1 N–H and O–H groups in total. The Bertz CT molecular complexity index is 613. The number of halogens is 2. The van der Waals surface area contributed by atoms with Crippen LogP contribution in [0.25, 0.3) is 0 Å². The number of benzene rings is 2. The van der Waals surface area contributed by atoms with Crippen molar-refractivity contribution in [3.8, 4) is 0 Å². The molecule has 0 aliphatic heterocycles. The summed E-state index contributed by atoms with van der Waals surface area (Å²) in [6, 6.07) is 13.1. The number of rotatable bonds is 3. The van der Waals surface area contributed by atoms with Gasteiger partial charge in [-0.2, -0.15) is 0 Å². The summed E-state index contributed by atoms with van der Waals surface area (Å²) in [6.07, 6.45) is 0.269. The Kier molecular flexibility index (Phi) is 4.61. The molecule has 2 rings (SSSR count). The van der Waals surface area contributed by atoms with Crippen LogP contribution in [0.1, 0.15) is 11.1 Å². The maximum absolute atomic E-state index is 11.9. The van der Waals surface area contributed by atoms with Crippen LogP contribution in [0.4, 0.5) is 5.69 Å². The second-order valence-corrected chi connectivity index (χ2v) is 5.54. The Labute approximate surface area is 125 Å². The maximum Gasteiger partial charge on any atom is 0.228 e. The molecular weight excluding hydrogens is 326 g/mol. The molecule has 0 heterocycles. The van der Waals surface area contributed by atoms with Crippen molar-refractivity contribution < 1.29 is 4.79 Å². The zero-order valence-corrected chi connectivity index (χ0v) is 12.8. The van der Waals surface area contributed by atoms with Gasteiger partial charge < -0.3 is 5.32 Å². The molecule has 0 saturated carbocycles. The van der Waals surface area contributed by atoms with E-state index in [0.29, 0.717) is 5.02 Å². The SMILES string of the molecule is Cc1ccc(NC(=O)Cc2ccccc2Cl)cc1Br. The fourth-order valence-electron chi connectivity index (χ4n) is 1.69. The van der Waals surface area contributed by atoms with Crippen molar-refractivity contribution in [1.29, 1.82) is 0 Å². The van der Waals surface area contributed by atoms with Gasteiger partial charge in [0.15, 0.2) is 0 Å². The van der Waals surface area contributed by atoms with E-state index in [-0.39, 0.29) is 12.3 Å². The largest absolute Gasteiger partial charge is 0.326 e. The fourth-order valence-corrected chi connectivity index (χ4v) is 2.27. The molecule has 0 bridgehead atoms. The summed E-state index contributed by atoms with van der Waals surface area (Å²) in [5.41, 5.74) is 2.73. The molecule has 0 aromatic heterocycles. The van der Waals surface area contributed by atoms with Crippen molar-refractivity contribution in [2.45, 2.75) is 13.3 Å². The second-order valence-electron chi connectivity index (χ2n) is 4.28. The van der Waals surface area contributed by atoms with Crippen molar-refractivity contribution >= 4 is 39.1 Å². The quantitative estimate of drug-likeness (QED) is 0.871. The Hall–Kier alpha value is -1.32. The van der Waals surface area contributed by atoms with Gasteiger partial charge in [-0.1, -0.05) is 51.8 Å². The van der Waals surface area contributed by atoms with Gasteiger partial charge in [-0.05, 0) is 36.2 Å². The lowest BCUT2D eigenvalue weighted by Crippen LogP contribution is -2.14. The molecule has 0 spiro atoms. The highest BCUT2D eigenvalue weighted by atomic mass is 79.9.